The third-order valence-corrected chi connectivity index (χ3v) is 3.02. The van der Waals surface area contributed by atoms with Crippen LogP contribution in [-0.4, -0.2) is 23.1 Å². The van der Waals surface area contributed by atoms with Gasteiger partial charge in [0.15, 0.2) is 0 Å². The normalized spacial score (nSPS) is 10.5. The monoisotopic (exact) mass is 306 g/mol. The molecular weight excluding hydrogens is 276 g/mol. The number of phenols is 1. The van der Waals surface area contributed by atoms with E-state index in [9.17, 15) is 5.11 Å². The molecule has 0 heterocycles. The number of aromatic hydroxyl groups is 1. The van der Waals surface area contributed by atoms with Crippen LogP contribution < -0.4 is 17.2 Å². The highest BCUT2D eigenvalue weighted by Gasteiger charge is 2.10. The molecule has 0 aliphatic carbocycles. The van der Waals surface area contributed by atoms with Crippen molar-refractivity contribution in [3.05, 3.63) is 47.4 Å². The second-order valence-corrected chi connectivity index (χ2v) is 4.54. The summed E-state index contributed by atoms with van der Waals surface area (Å²) in [5.74, 6) is 0.355. The lowest BCUT2D eigenvalue weighted by Crippen LogP contribution is -2.28. The van der Waals surface area contributed by atoms with Gasteiger partial charge >= 0.3 is 0 Å². The zero-order valence-electron chi connectivity index (χ0n) is 14.1. The quantitative estimate of drug-likeness (QED) is 0.605. The van der Waals surface area contributed by atoms with E-state index >= 15 is 0 Å². The summed E-state index contributed by atoms with van der Waals surface area (Å²) in [5, 5.41) is 9.82. The molecule has 1 aromatic carbocycles. The molecule has 0 saturated heterocycles. The summed E-state index contributed by atoms with van der Waals surface area (Å²) in [5.41, 5.74) is 19.3. The van der Waals surface area contributed by atoms with Crippen LogP contribution in [-0.2, 0) is 0 Å². The summed E-state index contributed by atoms with van der Waals surface area (Å²) in [6.45, 7) is 9.74. The fourth-order valence-corrected chi connectivity index (χ4v) is 2.02. The number of benzene rings is 1. The van der Waals surface area contributed by atoms with Crippen molar-refractivity contribution < 1.29 is 5.11 Å². The van der Waals surface area contributed by atoms with Crippen molar-refractivity contribution in [2.45, 2.75) is 34.1 Å². The Kier molecular flexibility index (Phi) is 9.34. The number of phenolic OH excluding ortho intramolecular Hbond substituents is 1. The summed E-state index contributed by atoms with van der Waals surface area (Å²) < 4.78 is 0. The Hall–Kier alpha value is -2.30. The maximum atomic E-state index is 9.82. The van der Waals surface area contributed by atoms with Crippen molar-refractivity contribution in [1.29, 1.82) is 0 Å². The Morgan fingerprint density at radius 3 is 2.18 bits per heavy atom. The number of para-hydroxylation sites is 1. The van der Waals surface area contributed by atoms with Crippen LogP contribution in [0.5, 0.6) is 5.75 Å². The maximum Gasteiger partial charge on any atom is 0.124 e. The van der Waals surface area contributed by atoms with Crippen LogP contribution in [0.15, 0.2) is 41.9 Å². The van der Waals surface area contributed by atoms with E-state index < -0.39 is 0 Å². The topological polar surface area (TPSA) is 102 Å². The molecule has 0 aromatic heterocycles. The first-order chi connectivity index (χ1) is 10.5. The first-order valence-electron chi connectivity index (χ1n) is 7.76. The first kappa shape index (κ1) is 19.7. The van der Waals surface area contributed by atoms with Gasteiger partial charge in [0.05, 0.1) is 5.70 Å². The van der Waals surface area contributed by atoms with Crippen LogP contribution in [0.25, 0.3) is 5.70 Å². The van der Waals surface area contributed by atoms with E-state index in [1.54, 1.807) is 24.3 Å². The van der Waals surface area contributed by atoms with Crippen molar-refractivity contribution in [3.63, 3.8) is 0 Å². The van der Waals surface area contributed by atoms with Gasteiger partial charge in [0, 0.05) is 24.4 Å². The molecule has 0 radical (unpaired) electrons. The number of nitrogens with two attached hydrogens (primary N) is 3. The van der Waals surface area contributed by atoms with Crippen LogP contribution in [0.1, 0.15) is 39.7 Å². The number of allylic oxidation sites excluding steroid dienone is 1. The minimum atomic E-state index is 0.134. The number of likely N-dealkylation sites (N-methyl/N-ethyl adjacent to an activating group) is 1. The van der Waals surface area contributed by atoms with E-state index in [1.807, 2.05) is 26.8 Å². The van der Waals surface area contributed by atoms with Crippen LogP contribution >= 0.6 is 0 Å². The molecule has 1 rings (SSSR count). The number of rotatable bonds is 6. The molecule has 0 unspecified atom stereocenters. The largest absolute Gasteiger partial charge is 0.507 e. The molecular formula is C17H30N4O. The minimum Gasteiger partial charge on any atom is -0.507 e. The second kappa shape index (κ2) is 10.4. The SMILES string of the molecule is CC.CCCN(CC)C(/C=C(\N)c1ccccc1O)=C(N)N. The van der Waals surface area contributed by atoms with E-state index in [1.165, 1.54) is 0 Å². The molecule has 0 atom stereocenters. The van der Waals surface area contributed by atoms with Gasteiger partial charge in [-0.3, -0.25) is 0 Å². The third kappa shape index (κ3) is 5.60. The molecule has 0 bridgehead atoms. The van der Waals surface area contributed by atoms with Crippen LogP contribution in [0.4, 0.5) is 0 Å². The van der Waals surface area contributed by atoms with Crippen molar-refractivity contribution in [2.75, 3.05) is 13.1 Å². The predicted octanol–water partition coefficient (Wildman–Crippen LogP) is 2.54. The Bertz CT molecular complexity index is 505. The lowest BCUT2D eigenvalue weighted by atomic mass is 10.1. The molecule has 22 heavy (non-hydrogen) atoms. The van der Waals surface area contributed by atoms with Crippen LogP contribution in [0, 0.1) is 0 Å². The maximum absolute atomic E-state index is 9.82. The van der Waals surface area contributed by atoms with Crippen LogP contribution in [0.2, 0.25) is 0 Å². The number of hydrogen-bond acceptors (Lipinski definition) is 5. The molecule has 0 aliphatic rings. The smallest absolute Gasteiger partial charge is 0.124 e. The molecule has 1 aromatic rings. The average molecular weight is 306 g/mol. The molecule has 0 amide bonds. The van der Waals surface area contributed by atoms with Crippen molar-refractivity contribution in [2.24, 2.45) is 17.2 Å². The highest BCUT2D eigenvalue weighted by molar-refractivity contribution is 5.69. The molecule has 0 spiro atoms. The zero-order chi connectivity index (χ0) is 17.1. The Morgan fingerprint density at radius 2 is 1.73 bits per heavy atom. The van der Waals surface area contributed by atoms with Gasteiger partial charge in [0.2, 0.25) is 0 Å². The molecule has 0 aliphatic heterocycles. The predicted molar refractivity (Wildman–Crippen MR) is 94.6 cm³/mol. The highest BCUT2D eigenvalue weighted by Crippen LogP contribution is 2.23. The van der Waals surface area contributed by atoms with Crippen molar-refractivity contribution in [1.82, 2.24) is 4.90 Å². The summed E-state index contributed by atoms with van der Waals surface area (Å²) in [6.07, 6.45) is 2.69. The molecule has 5 nitrogen and oxygen atoms in total. The van der Waals surface area contributed by atoms with E-state index in [-0.39, 0.29) is 11.6 Å². The fraction of sp³-hybridized carbons (Fsp3) is 0.412. The van der Waals surface area contributed by atoms with Gasteiger partial charge in [-0.2, -0.15) is 0 Å². The van der Waals surface area contributed by atoms with E-state index in [0.717, 1.165) is 19.5 Å². The lowest BCUT2D eigenvalue weighted by Gasteiger charge is -2.24. The standard InChI is InChI=1S/C15H24N4O.C2H6/c1-3-9-19(4-2)13(15(17)18)10-12(16)11-7-5-6-8-14(11)20;1-2/h5-8,10,20H,3-4,9,16-18H2,1-2H3;1-2H3/b12-10-;. The zero-order valence-corrected chi connectivity index (χ0v) is 14.1. The molecule has 0 saturated carbocycles. The minimum absolute atomic E-state index is 0.134. The Morgan fingerprint density at radius 1 is 1.14 bits per heavy atom. The number of hydrogen-bond donors (Lipinski definition) is 4. The van der Waals surface area contributed by atoms with E-state index in [2.05, 4.69) is 11.8 Å². The Balaban J connectivity index is 0.00000211. The van der Waals surface area contributed by atoms with Gasteiger partial charge in [-0.1, -0.05) is 32.9 Å². The number of nitrogens with zero attached hydrogens (tertiary/aromatic N) is 1. The molecule has 124 valence electrons. The van der Waals surface area contributed by atoms with Gasteiger partial charge in [0.1, 0.15) is 11.6 Å². The van der Waals surface area contributed by atoms with Crippen molar-refractivity contribution >= 4 is 5.70 Å². The average Bonchev–Trinajstić information content (AvgIpc) is 2.52. The second-order valence-electron chi connectivity index (χ2n) is 4.54. The molecule has 0 fully saturated rings. The summed E-state index contributed by atoms with van der Waals surface area (Å²) >= 11 is 0. The van der Waals surface area contributed by atoms with Crippen LogP contribution in [0.3, 0.4) is 0 Å². The Labute approximate surface area is 134 Å². The van der Waals surface area contributed by atoms with Gasteiger partial charge < -0.3 is 27.2 Å². The third-order valence-electron chi connectivity index (χ3n) is 3.02. The fourth-order valence-electron chi connectivity index (χ4n) is 2.02. The van der Waals surface area contributed by atoms with E-state index in [0.29, 0.717) is 17.0 Å². The van der Waals surface area contributed by atoms with Gasteiger partial charge in [-0.25, -0.2) is 0 Å². The lowest BCUT2D eigenvalue weighted by molar-refractivity contribution is 0.369. The highest BCUT2D eigenvalue weighted by atomic mass is 16.3. The molecule has 5 heteroatoms. The summed E-state index contributed by atoms with van der Waals surface area (Å²) in [6, 6.07) is 6.90. The first-order valence-corrected chi connectivity index (χ1v) is 7.76. The van der Waals surface area contributed by atoms with Gasteiger partial charge in [-0.15, -0.1) is 0 Å². The summed E-state index contributed by atoms with van der Waals surface area (Å²) in [7, 11) is 0. The van der Waals surface area contributed by atoms with Crippen molar-refractivity contribution in [3.8, 4) is 5.75 Å². The van der Waals surface area contributed by atoms with E-state index in [4.69, 9.17) is 17.2 Å². The van der Waals surface area contributed by atoms with Gasteiger partial charge in [-0.05, 0) is 31.6 Å². The summed E-state index contributed by atoms with van der Waals surface area (Å²) in [4.78, 5) is 2.06. The molecule has 7 N–H and O–H groups in total. The van der Waals surface area contributed by atoms with Gasteiger partial charge in [0.25, 0.3) is 0 Å².